The fourth-order valence-corrected chi connectivity index (χ4v) is 2.74. The lowest BCUT2D eigenvalue weighted by Crippen LogP contribution is -2.13. The molecule has 1 heterocycles. The number of nitrogens with zero attached hydrogens (tertiary/aromatic N) is 2. The number of carbonyl (C=O) groups excluding carboxylic acids is 1. The highest BCUT2D eigenvalue weighted by Gasteiger charge is 2.14. The van der Waals surface area contributed by atoms with Gasteiger partial charge in [0.15, 0.2) is 0 Å². The second-order valence-electron chi connectivity index (χ2n) is 5.64. The molecule has 6 nitrogen and oxygen atoms in total. The third kappa shape index (κ3) is 3.29. The van der Waals surface area contributed by atoms with Crippen molar-refractivity contribution in [2.75, 3.05) is 5.32 Å². The summed E-state index contributed by atoms with van der Waals surface area (Å²) >= 11 is 6.15. The number of anilines is 1. The predicted octanol–water partition coefficient (Wildman–Crippen LogP) is 4.67. The van der Waals surface area contributed by atoms with Crippen LogP contribution in [0.1, 0.15) is 21.6 Å². The van der Waals surface area contributed by atoms with Crippen LogP contribution in [0.3, 0.4) is 0 Å². The van der Waals surface area contributed by atoms with Gasteiger partial charge in [-0.05, 0) is 43.7 Å². The molecule has 1 aromatic heterocycles. The molecule has 1 N–H and O–H groups in total. The smallest absolute Gasteiger partial charge is 0.270 e. The second kappa shape index (κ2) is 6.49. The Bertz CT molecular complexity index is 1020. The van der Waals surface area contributed by atoms with Gasteiger partial charge in [-0.15, -0.1) is 0 Å². The molecule has 0 aliphatic carbocycles. The number of hydrogen-bond donors (Lipinski definition) is 1. The standard InChI is InChI=1S/C18H14ClN3O3/c1-10-8-16(14-6-7-15(19)11(2)17(14)20-10)21-18(23)12-4-3-5-13(9-12)22(24)25/h3-9H,1-2H3,(H,20,21,23). The Morgan fingerprint density at radius 3 is 2.68 bits per heavy atom. The van der Waals surface area contributed by atoms with Crippen LogP contribution in [0.15, 0.2) is 42.5 Å². The molecule has 0 bridgehead atoms. The fraction of sp³-hybridized carbons (Fsp3) is 0.111. The number of rotatable bonds is 3. The lowest BCUT2D eigenvalue weighted by atomic mass is 10.1. The normalized spacial score (nSPS) is 10.7. The summed E-state index contributed by atoms with van der Waals surface area (Å²) in [5.41, 5.74) is 2.93. The van der Waals surface area contributed by atoms with Crippen LogP contribution in [0.5, 0.6) is 0 Å². The SMILES string of the molecule is Cc1cc(NC(=O)c2cccc([N+](=O)[O-])c2)c2ccc(Cl)c(C)c2n1. The molecule has 1 amide bonds. The molecule has 3 rings (SSSR count). The van der Waals surface area contributed by atoms with Crippen LogP contribution in [0.2, 0.25) is 5.02 Å². The van der Waals surface area contributed by atoms with Crippen molar-refractivity contribution in [2.24, 2.45) is 0 Å². The van der Waals surface area contributed by atoms with Crippen molar-refractivity contribution >= 4 is 39.8 Å². The molecule has 0 aliphatic heterocycles. The van der Waals surface area contributed by atoms with Crippen molar-refractivity contribution in [3.63, 3.8) is 0 Å². The Morgan fingerprint density at radius 2 is 1.96 bits per heavy atom. The van der Waals surface area contributed by atoms with Gasteiger partial charge in [0.2, 0.25) is 0 Å². The summed E-state index contributed by atoms with van der Waals surface area (Å²) in [5.74, 6) is -0.428. The van der Waals surface area contributed by atoms with Gasteiger partial charge in [0.25, 0.3) is 11.6 Å². The van der Waals surface area contributed by atoms with Crippen molar-refractivity contribution < 1.29 is 9.72 Å². The van der Waals surface area contributed by atoms with Crippen molar-refractivity contribution in [3.05, 3.63) is 74.4 Å². The molecule has 25 heavy (non-hydrogen) atoms. The lowest BCUT2D eigenvalue weighted by Gasteiger charge is -2.12. The van der Waals surface area contributed by atoms with Crippen molar-refractivity contribution in [1.29, 1.82) is 0 Å². The lowest BCUT2D eigenvalue weighted by molar-refractivity contribution is -0.384. The molecule has 0 spiro atoms. The summed E-state index contributed by atoms with van der Waals surface area (Å²) in [6, 6.07) is 10.9. The predicted molar refractivity (Wildman–Crippen MR) is 97.3 cm³/mol. The van der Waals surface area contributed by atoms with Gasteiger partial charge in [0.1, 0.15) is 0 Å². The number of hydrogen-bond acceptors (Lipinski definition) is 4. The van der Waals surface area contributed by atoms with Crippen LogP contribution < -0.4 is 5.32 Å². The highest BCUT2D eigenvalue weighted by molar-refractivity contribution is 6.32. The number of fused-ring (bicyclic) bond motifs is 1. The second-order valence-corrected chi connectivity index (χ2v) is 6.05. The Labute approximate surface area is 148 Å². The van der Waals surface area contributed by atoms with Crippen LogP contribution in [0, 0.1) is 24.0 Å². The monoisotopic (exact) mass is 355 g/mol. The van der Waals surface area contributed by atoms with Gasteiger partial charge >= 0.3 is 0 Å². The van der Waals surface area contributed by atoms with Crippen molar-refractivity contribution in [3.8, 4) is 0 Å². The van der Waals surface area contributed by atoms with E-state index in [0.29, 0.717) is 16.2 Å². The summed E-state index contributed by atoms with van der Waals surface area (Å²) < 4.78 is 0. The first-order chi connectivity index (χ1) is 11.9. The van der Waals surface area contributed by atoms with Crippen LogP contribution in [-0.4, -0.2) is 15.8 Å². The third-order valence-electron chi connectivity index (χ3n) is 3.86. The zero-order valence-corrected chi connectivity index (χ0v) is 14.3. The first-order valence-electron chi connectivity index (χ1n) is 7.49. The van der Waals surface area contributed by atoms with E-state index in [1.165, 1.54) is 24.3 Å². The molecule has 0 saturated carbocycles. The van der Waals surface area contributed by atoms with E-state index < -0.39 is 10.8 Å². The number of nitrogens with one attached hydrogen (secondary N) is 1. The van der Waals surface area contributed by atoms with Gasteiger partial charge < -0.3 is 5.32 Å². The van der Waals surface area contributed by atoms with E-state index in [2.05, 4.69) is 10.3 Å². The zero-order valence-electron chi connectivity index (χ0n) is 13.5. The van der Waals surface area contributed by atoms with Gasteiger partial charge in [-0.25, -0.2) is 0 Å². The third-order valence-corrected chi connectivity index (χ3v) is 4.27. The average molecular weight is 356 g/mol. The van der Waals surface area contributed by atoms with E-state index in [-0.39, 0.29) is 11.3 Å². The number of amides is 1. The molecule has 126 valence electrons. The highest BCUT2D eigenvalue weighted by atomic mass is 35.5. The van der Waals surface area contributed by atoms with Crippen molar-refractivity contribution in [2.45, 2.75) is 13.8 Å². The topological polar surface area (TPSA) is 85.1 Å². The molecular formula is C18H14ClN3O3. The average Bonchev–Trinajstić information content (AvgIpc) is 2.58. The largest absolute Gasteiger partial charge is 0.321 e. The van der Waals surface area contributed by atoms with Gasteiger partial charge in [-0.1, -0.05) is 17.7 Å². The van der Waals surface area contributed by atoms with E-state index in [9.17, 15) is 14.9 Å². The molecule has 0 atom stereocenters. The van der Waals surface area contributed by atoms with E-state index in [1.807, 2.05) is 13.8 Å². The maximum Gasteiger partial charge on any atom is 0.270 e. The van der Waals surface area contributed by atoms with E-state index >= 15 is 0 Å². The molecule has 0 unspecified atom stereocenters. The summed E-state index contributed by atoms with van der Waals surface area (Å²) in [4.78, 5) is 27.3. The number of halogens is 1. The van der Waals surface area contributed by atoms with E-state index in [1.54, 1.807) is 18.2 Å². The number of aromatic nitrogens is 1. The zero-order chi connectivity index (χ0) is 18.1. The summed E-state index contributed by atoms with van der Waals surface area (Å²) in [5, 5.41) is 15.0. The van der Waals surface area contributed by atoms with Crippen LogP contribution in [-0.2, 0) is 0 Å². The van der Waals surface area contributed by atoms with Crippen LogP contribution >= 0.6 is 11.6 Å². The Kier molecular flexibility index (Phi) is 4.37. The van der Waals surface area contributed by atoms with E-state index in [0.717, 1.165) is 16.6 Å². The maximum absolute atomic E-state index is 12.5. The quantitative estimate of drug-likeness (QED) is 0.546. The molecular weight excluding hydrogens is 342 g/mol. The molecule has 0 fully saturated rings. The number of carbonyl (C=O) groups is 1. The Balaban J connectivity index is 2.03. The number of nitro benzene ring substituents is 1. The molecule has 0 saturated heterocycles. The molecule has 2 aromatic carbocycles. The molecule has 0 aliphatic rings. The maximum atomic E-state index is 12.5. The minimum Gasteiger partial charge on any atom is -0.321 e. The fourth-order valence-electron chi connectivity index (χ4n) is 2.59. The first kappa shape index (κ1) is 16.9. The highest BCUT2D eigenvalue weighted by Crippen LogP contribution is 2.30. The van der Waals surface area contributed by atoms with Gasteiger partial charge in [0.05, 0.1) is 16.1 Å². The molecule has 0 radical (unpaired) electrons. The van der Waals surface area contributed by atoms with E-state index in [4.69, 9.17) is 11.6 Å². The molecule has 7 heteroatoms. The summed E-state index contributed by atoms with van der Waals surface area (Å²) in [7, 11) is 0. The van der Waals surface area contributed by atoms with Gasteiger partial charge in [0, 0.05) is 33.8 Å². The van der Waals surface area contributed by atoms with Gasteiger partial charge in [-0.2, -0.15) is 0 Å². The van der Waals surface area contributed by atoms with Crippen LogP contribution in [0.25, 0.3) is 10.9 Å². The number of nitro groups is 1. The minimum atomic E-state index is -0.534. The number of pyridine rings is 1. The summed E-state index contributed by atoms with van der Waals surface area (Å²) in [6.45, 7) is 3.69. The Hall–Kier alpha value is -2.99. The minimum absolute atomic E-state index is 0.133. The van der Waals surface area contributed by atoms with Crippen molar-refractivity contribution in [1.82, 2.24) is 4.98 Å². The number of benzene rings is 2. The summed E-state index contributed by atoms with van der Waals surface area (Å²) in [6.07, 6.45) is 0. The number of aryl methyl sites for hydroxylation is 2. The number of non-ortho nitro benzene ring substituents is 1. The first-order valence-corrected chi connectivity index (χ1v) is 7.87. The Morgan fingerprint density at radius 1 is 1.20 bits per heavy atom. The van der Waals surface area contributed by atoms with Crippen LogP contribution in [0.4, 0.5) is 11.4 Å². The van der Waals surface area contributed by atoms with Gasteiger partial charge in [-0.3, -0.25) is 19.9 Å². The molecule has 3 aromatic rings.